The van der Waals surface area contributed by atoms with Gasteiger partial charge in [-0.25, -0.2) is 0 Å². The van der Waals surface area contributed by atoms with Crippen LogP contribution in [0.15, 0.2) is 24.3 Å². The quantitative estimate of drug-likeness (QED) is 0.873. The number of nitrogens with zero attached hydrogens (tertiary/aromatic N) is 1. The Kier molecular flexibility index (Phi) is 8.09. The van der Waals surface area contributed by atoms with Crippen LogP contribution in [0.3, 0.4) is 0 Å². The van der Waals surface area contributed by atoms with Crippen LogP contribution in [0.2, 0.25) is 0 Å². The van der Waals surface area contributed by atoms with Gasteiger partial charge in [0.25, 0.3) is 0 Å². The number of aryl methyl sites for hydroxylation is 1. The van der Waals surface area contributed by atoms with E-state index in [1.54, 1.807) is 0 Å². The smallest absolute Gasteiger partial charge is 0.119 e. The molecule has 0 aromatic heterocycles. The molecule has 1 aromatic carbocycles. The molecule has 1 atom stereocenters. The molecule has 1 aromatic rings. The van der Waals surface area contributed by atoms with Gasteiger partial charge in [0.05, 0.1) is 0 Å². The third-order valence-corrected chi connectivity index (χ3v) is 4.16. The van der Waals surface area contributed by atoms with Crippen molar-refractivity contribution in [1.82, 2.24) is 4.90 Å². The first kappa shape index (κ1) is 18.3. The average molecular weight is 314 g/mol. The predicted molar refractivity (Wildman–Crippen MR) is 89.4 cm³/mol. The Labute approximate surface area is 134 Å². The number of aliphatic hydroxyl groups excluding tert-OH is 1. The lowest BCUT2D eigenvalue weighted by molar-refractivity contribution is 0.0561. The lowest BCUT2D eigenvalue weighted by Crippen LogP contribution is -2.40. The van der Waals surface area contributed by atoms with Gasteiger partial charge >= 0.3 is 0 Å². The number of halogens is 1. The number of benzene rings is 1. The van der Waals surface area contributed by atoms with Crippen LogP contribution in [0.1, 0.15) is 37.7 Å². The van der Waals surface area contributed by atoms with Gasteiger partial charge in [0.2, 0.25) is 0 Å². The Bertz CT molecular complexity index is 390. The molecule has 1 fully saturated rings. The van der Waals surface area contributed by atoms with Crippen LogP contribution in [0.4, 0.5) is 0 Å². The number of rotatable bonds is 6. The third kappa shape index (κ3) is 6.25. The van der Waals surface area contributed by atoms with Crippen molar-refractivity contribution in [1.29, 1.82) is 0 Å². The van der Waals surface area contributed by atoms with E-state index in [1.807, 2.05) is 24.3 Å². The second-order valence-electron chi connectivity index (χ2n) is 6.01. The van der Waals surface area contributed by atoms with E-state index in [0.717, 1.165) is 5.75 Å². The van der Waals surface area contributed by atoms with Crippen LogP contribution in [-0.4, -0.2) is 42.4 Å². The van der Waals surface area contributed by atoms with Gasteiger partial charge in [-0.3, -0.25) is 0 Å². The highest BCUT2D eigenvalue weighted by molar-refractivity contribution is 5.85. The van der Waals surface area contributed by atoms with E-state index in [4.69, 9.17) is 4.74 Å². The molecule has 1 aliphatic rings. The van der Waals surface area contributed by atoms with E-state index in [1.165, 1.54) is 37.7 Å². The van der Waals surface area contributed by atoms with Gasteiger partial charge in [-0.15, -0.1) is 12.4 Å². The summed E-state index contributed by atoms with van der Waals surface area (Å²) in [6.07, 6.45) is 6.12. The summed E-state index contributed by atoms with van der Waals surface area (Å²) >= 11 is 0. The van der Waals surface area contributed by atoms with E-state index in [2.05, 4.69) is 18.9 Å². The van der Waals surface area contributed by atoms with E-state index < -0.39 is 6.10 Å². The van der Waals surface area contributed by atoms with Crippen molar-refractivity contribution in [3.63, 3.8) is 0 Å². The molecule has 3 nitrogen and oxygen atoms in total. The molecule has 0 heterocycles. The number of ether oxygens (including phenoxy) is 1. The van der Waals surface area contributed by atoms with Crippen molar-refractivity contribution in [2.24, 2.45) is 0 Å². The second kappa shape index (κ2) is 9.29. The summed E-state index contributed by atoms with van der Waals surface area (Å²) in [5.74, 6) is 0.829. The lowest BCUT2D eigenvalue weighted by atomic mass is 9.94. The Morgan fingerprint density at radius 2 is 1.81 bits per heavy atom. The number of hydrogen-bond acceptors (Lipinski definition) is 3. The maximum atomic E-state index is 10.1. The van der Waals surface area contributed by atoms with E-state index in [0.29, 0.717) is 19.2 Å². The summed E-state index contributed by atoms with van der Waals surface area (Å²) in [6.45, 7) is 3.11. The molecule has 120 valence electrons. The Morgan fingerprint density at radius 1 is 1.19 bits per heavy atom. The zero-order valence-corrected chi connectivity index (χ0v) is 13.9. The predicted octanol–water partition coefficient (Wildman–Crippen LogP) is 3.42. The molecule has 1 N–H and O–H groups in total. The number of hydrogen-bond donors (Lipinski definition) is 1. The topological polar surface area (TPSA) is 32.7 Å². The molecule has 1 aliphatic carbocycles. The third-order valence-electron chi connectivity index (χ3n) is 4.16. The fourth-order valence-corrected chi connectivity index (χ4v) is 2.88. The zero-order chi connectivity index (χ0) is 14.4. The van der Waals surface area contributed by atoms with E-state index in [-0.39, 0.29) is 12.4 Å². The van der Waals surface area contributed by atoms with E-state index >= 15 is 0 Å². The van der Waals surface area contributed by atoms with Crippen molar-refractivity contribution in [3.8, 4) is 5.75 Å². The summed E-state index contributed by atoms with van der Waals surface area (Å²) in [7, 11) is 2.12. The molecule has 0 saturated heterocycles. The molecule has 21 heavy (non-hydrogen) atoms. The maximum Gasteiger partial charge on any atom is 0.119 e. The van der Waals surface area contributed by atoms with Gasteiger partial charge in [0.1, 0.15) is 18.5 Å². The molecule has 0 bridgehead atoms. The lowest BCUT2D eigenvalue weighted by Gasteiger charge is -2.32. The normalized spacial score (nSPS) is 17.3. The molecule has 2 rings (SSSR count). The fraction of sp³-hybridized carbons (Fsp3) is 0.647. The minimum Gasteiger partial charge on any atom is -0.491 e. The maximum absolute atomic E-state index is 10.1. The first-order valence-corrected chi connectivity index (χ1v) is 7.73. The minimum absolute atomic E-state index is 0. The SMILES string of the molecule is Cc1ccc(OCC(O)CN(C)C2CCCCC2)cc1.Cl. The summed E-state index contributed by atoms with van der Waals surface area (Å²) in [6, 6.07) is 8.59. The number of aliphatic hydroxyl groups is 1. The molecule has 0 spiro atoms. The highest BCUT2D eigenvalue weighted by Gasteiger charge is 2.20. The van der Waals surface area contributed by atoms with Crippen molar-refractivity contribution < 1.29 is 9.84 Å². The minimum atomic E-state index is -0.428. The fourth-order valence-electron chi connectivity index (χ4n) is 2.88. The second-order valence-corrected chi connectivity index (χ2v) is 6.01. The first-order chi connectivity index (χ1) is 9.65. The molecule has 0 aliphatic heterocycles. The molecule has 0 amide bonds. The number of likely N-dealkylation sites (N-methyl/N-ethyl adjacent to an activating group) is 1. The largest absolute Gasteiger partial charge is 0.491 e. The molecule has 1 saturated carbocycles. The highest BCUT2D eigenvalue weighted by Crippen LogP contribution is 2.21. The van der Waals surface area contributed by atoms with Crippen LogP contribution in [0.5, 0.6) is 5.75 Å². The molecular weight excluding hydrogens is 286 g/mol. The summed E-state index contributed by atoms with van der Waals surface area (Å²) in [5, 5.41) is 10.1. The van der Waals surface area contributed by atoms with Gasteiger partial charge in [0.15, 0.2) is 0 Å². The van der Waals surface area contributed by atoms with Crippen LogP contribution >= 0.6 is 12.4 Å². The Morgan fingerprint density at radius 3 is 2.43 bits per heavy atom. The van der Waals surface area contributed by atoms with Crippen LogP contribution in [0, 0.1) is 6.92 Å². The van der Waals surface area contributed by atoms with E-state index in [9.17, 15) is 5.11 Å². The molecule has 4 heteroatoms. The zero-order valence-electron chi connectivity index (χ0n) is 13.1. The average Bonchev–Trinajstić information content (AvgIpc) is 2.47. The van der Waals surface area contributed by atoms with Gasteiger partial charge in [-0.2, -0.15) is 0 Å². The standard InChI is InChI=1S/C17H27NO2.ClH/c1-14-8-10-17(11-9-14)20-13-16(19)12-18(2)15-6-4-3-5-7-15;/h8-11,15-16,19H,3-7,12-13H2,1-2H3;1H. The Balaban J connectivity index is 0.00000220. The summed E-state index contributed by atoms with van der Waals surface area (Å²) in [5.41, 5.74) is 1.22. The van der Waals surface area contributed by atoms with Gasteiger partial charge in [-0.1, -0.05) is 37.0 Å². The summed E-state index contributed by atoms with van der Waals surface area (Å²) in [4.78, 5) is 2.29. The first-order valence-electron chi connectivity index (χ1n) is 7.73. The van der Waals surface area contributed by atoms with Gasteiger partial charge in [0, 0.05) is 12.6 Å². The van der Waals surface area contributed by atoms with Crippen molar-refractivity contribution in [2.75, 3.05) is 20.2 Å². The summed E-state index contributed by atoms with van der Waals surface area (Å²) < 4.78 is 5.63. The molecule has 1 unspecified atom stereocenters. The van der Waals surface area contributed by atoms with Gasteiger partial charge in [-0.05, 0) is 38.9 Å². The monoisotopic (exact) mass is 313 g/mol. The molecular formula is C17H28ClNO2. The Hall–Kier alpha value is -0.770. The molecule has 0 radical (unpaired) electrons. The van der Waals surface area contributed by atoms with Crippen molar-refractivity contribution in [3.05, 3.63) is 29.8 Å². The highest BCUT2D eigenvalue weighted by atomic mass is 35.5. The van der Waals surface area contributed by atoms with Crippen LogP contribution in [0.25, 0.3) is 0 Å². The van der Waals surface area contributed by atoms with Crippen molar-refractivity contribution in [2.45, 2.75) is 51.2 Å². The van der Waals surface area contributed by atoms with Crippen LogP contribution < -0.4 is 4.74 Å². The van der Waals surface area contributed by atoms with Crippen molar-refractivity contribution >= 4 is 12.4 Å². The van der Waals surface area contributed by atoms with Crippen LogP contribution in [-0.2, 0) is 0 Å². The van der Waals surface area contributed by atoms with Gasteiger partial charge < -0.3 is 14.7 Å².